The Morgan fingerprint density at radius 3 is 2.62 bits per heavy atom. The molecule has 0 heterocycles. The highest BCUT2D eigenvalue weighted by molar-refractivity contribution is 9.10. The molecule has 0 bridgehead atoms. The minimum Gasteiger partial charge on any atom is -0.481 e. The van der Waals surface area contributed by atoms with Crippen LogP contribution in [0.2, 0.25) is 5.02 Å². The first-order valence-electron chi connectivity index (χ1n) is 6.91. The molecule has 1 aromatic rings. The first kappa shape index (κ1) is 16.3. The summed E-state index contributed by atoms with van der Waals surface area (Å²) < 4.78 is 0.820. The summed E-state index contributed by atoms with van der Waals surface area (Å²) in [5.74, 6) is -1.96. The molecule has 2 rings (SSSR count). The van der Waals surface area contributed by atoms with Crippen molar-refractivity contribution in [1.29, 1.82) is 0 Å². The third-order valence-electron chi connectivity index (χ3n) is 4.08. The molecular weight excluding hydrogens is 358 g/mol. The molecule has 2 N–H and O–H groups in total. The predicted octanol–water partition coefficient (Wildman–Crippen LogP) is 4.18. The summed E-state index contributed by atoms with van der Waals surface area (Å²) in [6, 6.07) is 5.17. The number of amides is 1. The Labute approximate surface area is 137 Å². The van der Waals surface area contributed by atoms with Gasteiger partial charge in [0.25, 0.3) is 0 Å². The summed E-state index contributed by atoms with van der Waals surface area (Å²) in [5, 5.41) is 12.5. The molecule has 1 fully saturated rings. The zero-order valence-corrected chi connectivity index (χ0v) is 13.9. The average Bonchev–Trinajstić information content (AvgIpc) is 2.86. The lowest BCUT2D eigenvalue weighted by Crippen LogP contribution is -2.30. The summed E-state index contributed by atoms with van der Waals surface area (Å²) in [7, 11) is 0. The molecule has 1 amide bonds. The van der Waals surface area contributed by atoms with Gasteiger partial charge < -0.3 is 10.4 Å². The molecule has 0 spiro atoms. The van der Waals surface area contributed by atoms with Crippen LogP contribution in [0.3, 0.4) is 0 Å². The van der Waals surface area contributed by atoms with E-state index in [2.05, 4.69) is 21.2 Å². The van der Waals surface area contributed by atoms with E-state index in [1.807, 2.05) is 6.92 Å². The second kappa shape index (κ2) is 6.79. The number of carbonyl (C=O) groups excluding carboxylic acids is 1. The number of hydrogen-bond acceptors (Lipinski definition) is 2. The highest BCUT2D eigenvalue weighted by Gasteiger charge is 2.42. The maximum Gasteiger partial charge on any atom is 0.307 e. The Balaban J connectivity index is 2.13. The first-order chi connectivity index (χ1) is 9.92. The van der Waals surface area contributed by atoms with Crippen LogP contribution in [0, 0.1) is 17.8 Å². The van der Waals surface area contributed by atoms with Gasteiger partial charge in [-0.1, -0.05) is 40.9 Å². The highest BCUT2D eigenvalue weighted by atomic mass is 79.9. The molecule has 0 aliphatic heterocycles. The Morgan fingerprint density at radius 1 is 1.38 bits per heavy atom. The van der Waals surface area contributed by atoms with Crippen molar-refractivity contribution >= 4 is 45.1 Å². The Kier molecular flexibility index (Phi) is 5.27. The van der Waals surface area contributed by atoms with Crippen LogP contribution in [0.15, 0.2) is 22.7 Å². The number of benzene rings is 1. The number of anilines is 1. The first-order valence-corrected chi connectivity index (χ1v) is 8.08. The molecule has 6 heteroatoms. The Bertz CT molecular complexity index is 564. The van der Waals surface area contributed by atoms with E-state index in [0.29, 0.717) is 29.5 Å². The van der Waals surface area contributed by atoms with Gasteiger partial charge in [0.05, 0.1) is 22.5 Å². The topological polar surface area (TPSA) is 66.4 Å². The SMILES string of the molecule is CCC1CC(C(=O)O)C(C(=O)Nc2ccc(Br)cc2Cl)C1. The van der Waals surface area contributed by atoms with Gasteiger partial charge in [-0.15, -0.1) is 0 Å². The van der Waals surface area contributed by atoms with Gasteiger partial charge in [-0.2, -0.15) is 0 Å². The fraction of sp³-hybridized carbons (Fsp3) is 0.467. The van der Waals surface area contributed by atoms with Gasteiger partial charge in [0, 0.05) is 4.47 Å². The van der Waals surface area contributed by atoms with Crippen LogP contribution in [0.5, 0.6) is 0 Å². The Morgan fingerprint density at radius 2 is 2.05 bits per heavy atom. The molecule has 4 nitrogen and oxygen atoms in total. The molecule has 1 aliphatic carbocycles. The number of carboxylic acid groups (broad SMARTS) is 1. The minimum absolute atomic E-state index is 0.262. The summed E-state index contributed by atoms with van der Waals surface area (Å²) in [5.41, 5.74) is 0.508. The molecule has 21 heavy (non-hydrogen) atoms. The van der Waals surface area contributed by atoms with Crippen molar-refractivity contribution in [1.82, 2.24) is 0 Å². The van der Waals surface area contributed by atoms with Crippen LogP contribution >= 0.6 is 27.5 Å². The Hall–Kier alpha value is -1.07. The van der Waals surface area contributed by atoms with E-state index in [1.54, 1.807) is 18.2 Å². The maximum atomic E-state index is 12.4. The zero-order chi connectivity index (χ0) is 15.6. The average molecular weight is 375 g/mol. The standard InChI is InChI=1S/C15H17BrClNO3/c1-2-8-5-10(11(6-8)15(20)21)14(19)18-13-4-3-9(16)7-12(13)17/h3-4,7-8,10-11H,2,5-6H2,1H3,(H,18,19)(H,20,21). The van der Waals surface area contributed by atoms with Crippen molar-refractivity contribution in [3.63, 3.8) is 0 Å². The van der Waals surface area contributed by atoms with Crippen LogP contribution in [0.4, 0.5) is 5.69 Å². The normalized spacial score (nSPS) is 24.8. The molecule has 3 atom stereocenters. The zero-order valence-electron chi connectivity index (χ0n) is 11.6. The van der Waals surface area contributed by atoms with Gasteiger partial charge in [0.1, 0.15) is 0 Å². The number of carbonyl (C=O) groups is 2. The number of rotatable bonds is 4. The highest BCUT2D eigenvalue weighted by Crippen LogP contribution is 2.39. The van der Waals surface area contributed by atoms with E-state index >= 15 is 0 Å². The van der Waals surface area contributed by atoms with Gasteiger partial charge in [-0.25, -0.2) is 0 Å². The van der Waals surface area contributed by atoms with Gasteiger partial charge in [-0.3, -0.25) is 9.59 Å². The fourth-order valence-electron chi connectivity index (χ4n) is 2.86. The third kappa shape index (κ3) is 3.77. The van der Waals surface area contributed by atoms with E-state index in [-0.39, 0.29) is 5.91 Å². The van der Waals surface area contributed by atoms with Crippen molar-refractivity contribution in [2.75, 3.05) is 5.32 Å². The molecular formula is C15H17BrClNO3. The van der Waals surface area contributed by atoms with Crippen LogP contribution in [-0.2, 0) is 9.59 Å². The predicted molar refractivity (Wildman–Crippen MR) is 85.4 cm³/mol. The van der Waals surface area contributed by atoms with E-state index in [1.165, 1.54) is 0 Å². The molecule has 0 aromatic heterocycles. The molecule has 0 saturated heterocycles. The fourth-order valence-corrected chi connectivity index (χ4v) is 3.58. The van der Waals surface area contributed by atoms with Gasteiger partial charge in [-0.05, 0) is 37.0 Å². The van der Waals surface area contributed by atoms with Crippen molar-refractivity contribution in [3.05, 3.63) is 27.7 Å². The molecule has 0 radical (unpaired) electrons. The number of hydrogen-bond donors (Lipinski definition) is 2. The van der Waals surface area contributed by atoms with Gasteiger partial charge in [0.15, 0.2) is 0 Å². The maximum absolute atomic E-state index is 12.4. The minimum atomic E-state index is -0.895. The van der Waals surface area contributed by atoms with Gasteiger partial charge in [0.2, 0.25) is 5.91 Å². The van der Waals surface area contributed by atoms with Crippen molar-refractivity contribution in [2.45, 2.75) is 26.2 Å². The summed E-state index contributed by atoms with van der Waals surface area (Å²) in [6.45, 7) is 2.02. The molecule has 3 unspecified atom stereocenters. The summed E-state index contributed by atoms with van der Waals surface area (Å²) in [4.78, 5) is 23.7. The smallest absolute Gasteiger partial charge is 0.307 e. The van der Waals surface area contributed by atoms with Crippen molar-refractivity contribution < 1.29 is 14.7 Å². The van der Waals surface area contributed by atoms with Crippen molar-refractivity contribution in [2.24, 2.45) is 17.8 Å². The lowest BCUT2D eigenvalue weighted by molar-refractivity contribution is -0.145. The summed E-state index contributed by atoms with van der Waals surface area (Å²) in [6.07, 6.45) is 2.08. The van der Waals surface area contributed by atoms with E-state index < -0.39 is 17.8 Å². The van der Waals surface area contributed by atoms with E-state index in [0.717, 1.165) is 10.9 Å². The molecule has 1 aliphatic rings. The third-order valence-corrected chi connectivity index (χ3v) is 4.89. The monoisotopic (exact) mass is 373 g/mol. The van der Waals surface area contributed by atoms with Crippen LogP contribution in [0.25, 0.3) is 0 Å². The lowest BCUT2D eigenvalue weighted by atomic mass is 9.95. The number of carboxylic acids is 1. The van der Waals surface area contributed by atoms with Gasteiger partial charge >= 0.3 is 5.97 Å². The largest absolute Gasteiger partial charge is 0.481 e. The number of aliphatic carboxylic acids is 1. The molecule has 1 saturated carbocycles. The number of halogens is 2. The quantitative estimate of drug-likeness (QED) is 0.831. The molecule has 114 valence electrons. The van der Waals surface area contributed by atoms with E-state index in [9.17, 15) is 14.7 Å². The summed E-state index contributed by atoms with van der Waals surface area (Å²) >= 11 is 9.37. The van der Waals surface area contributed by atoms with Crippen molar-refractivity contribution in [3.8, 4) is 0 Å². The van der Waals surface area contributed by atoms with Crippen LogP contribution < -0.4 is 5.32 Å². The molecule has 1 aromatic carbocycles. The van der Waals surface area contributed by atoms with E-state index in [4.69, 9.17) is 11.6 Å². The van der Waals surface area contributed by atoms with Crippen LogP contribution in [0.1, 0.15) is 26.2 Å². The number of nitrogens with one attached hydrogen (secondary N) is 1. The van der Waals surface area contributed by atoms with Crippen LogP contribution in [-0.4, -0.2) is 17.0 Å². The lowest BCUT2D eigenvalue weighted by Gasteiger charge is -2.16. The second-order valence-corrected chi connectivity index (χ2v) is 6.73. The second-order valence-electron chi connectivity index (χ2n) is 5.41.